The van der Waals surface area contributed by atoms with Gasteiger partial charge in [-0.3, -0.25) is 4.79 Å². The van der Waals surface area contributed by atoms with Crippen molar-refractivity contribution >= 4 is 34.7 Å². The SMILES string of the molecule is CCc1ccc(NC(=O)c2cnc(Nc3cccc(Cl)c3)cn2)cc1. The standard InChI is InChI=1S/C19H17ClN4O/c1-2-13-6-8-15(9-7-13)24-19(25)17-11-22-18(12-21-17)23-16-5-3-4-14(20)10-16/h3-12H,2H2,1H3,(H,22,23)(H,24,25). The molecule has 1 heterocycles. The van der Waals surface area contributed by atoms with Crippen LogP contribution in [0.15, 0.2) is 60.9 Å². The summed E-state index contributed by atoms with van der Waals surface area (Å²) in [6, 6.07) is 15.0. The van der Waals surface area contributed by atoms with Crippen LogP contribution in [0.3, 0.4) is 0 Å². The van der Waals surface area contributed by atoms with Crippen LogP contribution in [0.4, 0.5) is 17.2 Å². The second kappa shape index (κ2) is 7.77. The smallest absolute Gasteiger partial charge is 0.275 e. The van der Waals surface area contributed by atoms with E-state index in [9.17, 15) is 4.79 Å². The summed E-state index contributed by atoms with van der Waals surface area (Å²) in [5, 5.41) is 6.52. The van der Waals surface area contributed by atoms with Gasteiger partial charge in [0.15, 0.2) is 0 Å². The molecule has 25 heavy (non-hydrogen) atoms. The zero-order valence-electron chi connectivity index (χ0n) is 13.7. The molecule has 126 valence electrons. The summed E-state index contributed by atoms with van der Waals surface area (Å²) >= 11 is 5.94. The molecule has 3 aromatic rings. The Morgan fingerprint density at radius 1 is 1.04 bits per heavy atom. The Balaban J connectivity index is 1.65. The van der Waals surface area contributed by atoms with E-state index in [-0.39, 0.29) is 11.6 Å². The number of hydrogen-bond acceptors (Lipinski definition) is 4. The van der Waals surface area contributed by atoms with Gasteiger partial charge in [0.25, 0.3) is 5.91 Å². The van der Waals surface area contributed by atoms with Crippen molar-refractivity contribution in [3.05, 3.63) is 77.2 Å². The molecule has 0 saturated carbocycles. The van der Waals surface area contributed by atoms with Gasteiger partial charge in [-0.1, -0.05) is 36.7 Å². The Hall–Kier alpha value is -2.92. The summed E-state index contributed by atoms with van der Waals surface area (Å²) in [5.41, 5.74) is 2.99. The lowest BCUT2D eigenvalue weighted by atomic mass is 10.1. The molecule has 0 saturated heterocycles. The molecule has 1 amide bonds. The number of carbonyl (C=O) groups is 1. The van der Waals surface area contributed by atoms with Gasteiger partial charge in [-0.25, -0.2) is 9.97 Å². The van der Waals surface area contributed by atoms with Crippen LogP contribution in [-0.4, -0.2) is 15.9 Å². The van der Waals surface area contributed by atoms with Crippen LogP contribution in [0.5, 0.6) is 0 Å². The van der Waals surface area contributed by atoms with Crippen molar-refractivity contribution < 1.29 is 4.79 Å². The third kappa shape index (κ3) is 4.55. The summed E-state index contributed by atoms with van der Waals surface area (Å²) in [6.07, 6.45) is 3.90. The Morgan fingerprint density at radius 3 is 2.48 bits per heavy atom. The van der Waals surface area contributed by atoms with Gasteiger partial charge in [0.05, 0.1) is 12.4 Å². The van der Waals surface area contributed by atoms with Gasteiger partial charge in [0.2, 0.25) is 0 Å². The lowest BCUT2D eigenvalue weighted by Crippen LogP contribution is -2.14. The van der Waals surface area contributed by atoms with E-state index in [2.05, 4.69) is 27.5 Å². The highest BCUT2D eigenvalue weighted by Crippen LogP contribution is 2.18. The highest BCUT2D eigenvalue weighted by Gasteiger charge is 2.09. The van der Waals surface area contributed by atoms with Crippen molar-refractivity contribution in [1.29, 1.82) is 0 Å². The van der Waals surface area contributed by atoms with Gasteiger partial charge in [-0.05, 0) is 42.3 Å². The number of carbonyl (C=O) groups excluding carboxylic acids is 1. The maximum absolute atomic E-state index is 12.2. The van der Waals surface area contributed by atoms with E-state index in [0.29, 0.717) is 10.8 Å². The van der Waals surface area contributed by atoms with E-state index < -0.39 is 0 Å². The summed E-state index contributed by atoms with van der Waals surface area (Å²) < 4.78 is 0. The molecule has 2 aromatic carbocycles. The van der Waals surface area contributed by atoms with Crippen molar-refractivity contribution in [2.75, 3.05) is 10.6 Å². The monoisotopic (exact) mass is 352 g/mol. The van der Waals surface area contributed by atoms with Gasteiger partial charge in [0, 0.05) is 16.4 Å². The maximum Gasteiger partial charge on any atom is 0.275 e. The van der Waals surface area contributed by atoms with Gasteiger partial charge in [-0.2, -0.15) is 0 Å². The molecule has 0 unspecified atom stereocenters. The fraction of sp³-hybridized carbons (Fsp3) is 0.105. The number of amides is 1. The van der Waals surface area contributed by atoms with Gasteiger partial charge < -0.3 is 10.6 Å². The van der Waals surface area contributed by atoms with E-state index in [1.165, 1.54) is 18.0 Å². The first-order valence-electron chi connectivity index (χ1n) is 7.89. The van der Waals surface area contributed by atoms with Crippen LogP contribution in [-0.2, 0) is 6.42 Å². The van der Waals surface area contributed by atoms with Crippen molar-refractivity contribution in [1.82, 2.24) is 9.97 Å². The lowest BCUT2D eigenvalue weighted by Gasteiger charge is -2.07. The van der Waals surface area contributed by atoms with E-state index in [4.69, 9.17) is 11.6 Å². The molecule has 0 fully saturated rings. The quantitative estimate of drug-likeness (QED) is 0.699. The molecule has 5 nitrogen and oxygen atoms in total. The second-order valence-corrected chi connectivity index (χ2v) is 5.86. The number of aryl methyl sites for hydroxylation is 1. The number of hydrogen-bond donors (Lipinski definition) is 2. The maximum atomic E-state index is 12.2. The molecule has 0 radical (unpaired) electrons. The molecule has 0 aliphatic heterocycles. The minimum atomic E-state index is -0.300. The summed E-state index contributed by atoms with van der Waals surface area (Å²) in [4.78, 5) is 20.6. The molecule has 2 N–H and O–H groups in total. The van der Waals surface area contributed by atoms with Crippen LogP contribution < -0.4 is 10.6 Å². The zero-order valence-corrected chi connectivity index (χ0v) is 14.4. The number of nitrogens with zero attached hydrogens (tertiary/aromatic N) is 2. The van der Waals surface area contributed by atoms with E-state index >= 15 is 0 Å². The zero-order chi connectivity index (χ0) is 17.6. The van der Waals surface area contributed by atoms with Gasteiger partial charge in [-0.15, -0.1) is 0 Å². The fourth-order valence-corrected chi connectivity index (χ4v) is 2.43. The van der Waals surface area contributed by atoms with Crippen molar-refractivity contribution in [3.8, 4) is 0 Å². The van der Waals surface area contributed by atoms with Crippen molar-refractivity contribution in [3.63, 3.8) is 0 Å². The minimum Gasteiger partial charge on any atom is -0.339 e. The molecule has 3 rings (SSSR count). The molecule has 0 atom stereocenters. The summed E-state index contributed by atoms with van der Waals surface area (Å²) in [5.74, 6) is 0.233. The van der Waals surface area contributed by atoms with Crippen LogP contribution in [0.1, 0.15) is 23.0 Å². The second-order valence-electron chi connectivity index (χ2n) is 5.43. The largest absolute Gasteiger partial charge is 0.339 e. The Bertz CT molecular complexity index is 863. The van der Waals surface area contributed by atoms with Crippen LogP contribution in [0, 0.1) is 0 Å². The van der Waals surface area contributed by atoms with Crippen molar-refractivity contribution in [2.24, 2.45) is 0 Å². The number of anilines is 3. The highest BCUT2D eigenvalue weighted by molar-refractivity contribution is 6.30. The third-order valence-corrected chi connectivity index (χ3v) is 3.84. The molecule has 6 heteroatoms. The molecule has 0 aliphatic rings. The average Bonchev–Trinajstić information content (AvgIpc) is 2.63. The first kappa shape index (κ1) is 16.9. The number of benzene rings is 2. The Morgan fingerprint density at radius 2 is 1.84 bits per heavy atom. The third-order valence-electron chi connectivity index (χ3n) is 3.60. The van der Waals surface area contributed by atoms with E-state index in [1.807, 2.05) is 36.4 Å². The van der Waals surface area contributed by atoms with Crippen LogP contribution in [0.25, 0.3) is 0 Å². The molecule has 1 aromatic heterocycles. The van der Waals surface area contributed by atoms with Gasteiger partial charge in [0.1, 0.15) is 11.5 Å². The predicted octanol–water partition coefficient (Wildman–Crippen LogP) is 4.69. The van der Waals surface area contributed by atoms with E-state index in [1.54, 1.807) is 12.1 Å². The highest BCUT2D eigenvalue weighted by atomic mass is 35.5. The minimum absolute atomic E-state index is 0.246. The molecular weight excluding hydrogens is 336 g/mol. The Labute approximate surface area is 151 Å². The number of nitrogens with one attached hydrogen (secondary N) is 2. The summed E-state index contributed by atoms with van der Waals surface area (Å²) in [6.45, 7) is 2.09. The first-order valence-corrected chi connectivity index (χ1v) is 8.27. The molecule has 0 bridgehead atoms. The number of rotatable bonds is 5. The number of aromatic nitrogens is 2. The summed E-state index contributed by atoms with van der Waals surface area (Å²) in [7, 11) is 0. The number of halogens is 1. The average molecular weight is 353 g/mol. The van der Waals surface area contributed by atoms with Gasteiger partial charge >= 0.3 is 0 Å². The Kier molecular flexibility index (Phi) is 5.26. The topological polar surface area (TPSA) is 66.9 Å². The van der Waals surface area contributed by atoms with Crippen LogP contribution in [0.2, 0.25) is 5.02 Å². The molecule has 0 spiro atoms. The first-order chi connectivity index (χ1) is 12.1. The molecule has 0 aliphatic carbocycles. The lowest BCUT2D eigenvalue weighted by molar-refractivity contribution is 0.102. The predicted molar refractivity (Wildman–Crippen MR) is 101 cm³/mol. The van der Waals surface area contributed by atoms with Crippen molar-refractivity contribution in [2.45, 2.75) is 13.3 Å². The normalized spacial score (nSPS) is 10.3. The fourth-order valence-electron chi connectivity index (χ4n) is 2.24. The van der Waals surface area contributed by atoms with Crippen LogP contribution >= 0.6 is 11.6 Å². The van der Waals surface area contributed by atoms with E-state index in [0.717, 1.165) is 17.8 Å². The molecular formula is C19H17ClN4O.